The van der Waals surface area contributed by atoms with E-state index in [0.717, 1.165) is 32.8 Å². The lowest BCUT2D eigenvalue weighted by Gasteiger charge is -2.15. The molecule has 0 aliphatic carbocycles. The summed E-state index contributed by atoms with van der Waals surface area (Å²) in [4.78, 5) is 7.39. The number of anilines is 2. The molecule has 4 aromatic rings. The fraction of sp³-hybridized carbons (Fsp3) is 0.111. The Labute approximate surface area is 143 Å². The summed E-state index contributed by atoms with van der Waals surface area (Å²) in [6.07, 6.45) is 1.85. The molecule has 0 N–H and O–H groups in total. The molecule has 119 valence electrons. The molecule has 0 saturated carbocycles. The number of hydrogen-bond acceptors (Lipinski definition) is 5. The quantitative estimate of drug-likeness (QED) is 0.565. The summed E-state index contributed by atoms with van der Waals surface area (Å²) in [5.41, 5.74) is 3.10. The Morgan fingerprint density at radius 3 is 2.58 bits per heavy atom. The van der Waals surface area contributed by atoms with Crippen molar-refractivity contribution in [2.45, 2.75) is 0 Å². The second-order valence-electron chi connectivity index (χ2n) is 5.27. The Kier molecular flexibility index (Phi) is 3.66. The molecule has 0 fully saturated rings. The lowest BCUT2D eigenvalue weighted by molar-refractivity contribution is 0.415. The molecule has 0 atom stereocenters. The molecule has 0 aliphatic heterocycles. The van der Waals surface area contributed by atoms with Crippen molar-refractivity contribution in [3.63, 3.8) is 0 Å². The highest BCUT2D eigenvalue weighted by atomic mass is 32.1. The molecule has 4 rings (SSSR count). The van der Waals surface area contributed by atoms with Crippen LogP contribution in [0.4, 0.5) is 10.8 Å². The van der Waals surface area contributed by atoms with E-state index < -0.39 is 0 Å². The Morgan fingerprint density at radius 2 is 1.88 bits per heavy atom. The number of nitrogens with zero attached hydrogens (tertiary/aromatic N) is 4. The Morgan fingerprint density at radius 1 is 1.12 bits per heavy atom. The van der Waals surface area contributed by atoms with E-state index in [1.165, 1.54) is 0 Å². The van der Waals surface area contributed by atoms with E-state index in [0.29, 0.717) is 0 Å². The van der Waals surface area contributed by atoms with E-state index in [4.69, 9.17) is 9.84 Å². The van der Waals surface area contributed by atoms with Crippen LogP contribution in [0.25, 0.3) is 16.2 Å². The SMILES string of the molecule is COc1ccc(N(C)c2nn3c(-c4cc[c]cc4)cnc3s2)cc1. The van der Waals surface area contributed by atoms with Crippen LogP contribution in [-0.2, 0) is 0 Å². The van der Waals surface area contributed by atoms with Gasteiger partial charge in [-0.15, -0.1) is 5.10 Å². The van der Waals surface area contributed by atoms with Crippen LogP contribution in [-0.4, -0.2) is 28.8 Å². The lowest BCUT2D eigenvalue weighted by atomic mass is 10.2. The second kappa shape index (κ2) is 5.98. The van der Waals surface area contributed by atoms with E-state index in [1.807, 2.05) is 71.2 Å². The molecule has 0 amide bonds. The summed E-state index contributed by atoms with van der Waals surface area (Å²) in [6.45, 7) is 0. The first-order chi connectivity index (χ1) is 11.8. The summed E-state index contributed by atoms with van der Waals surface area (Å²) in [7, 11) is 3.66. The van der Waals surface area contributed by atoms with Crippen molar-refractivity contribution in [2.75, 3.05) is 19.1 Å². The fourth-order valence-corrected chi connectivity index (χ4v) is 3.35. The highest BCUT2D eigenvalue weighted by Crippen LogP contribution is 2.31. The second-order valence-corrected chi connectivity index (χ2v) is 6.20. The molecule has 2 heterocycles. The third-order valence-electron chi connectivity index (χ3n) is 3.84. The summed E-state index contributed by atoms with van der Waals surface area (Å²) >= 11 is 1.55. The predicted molar refractivity (Wildman–Crippen MR) is 96.2 cm³/mol. The van der Waals surface area contributed by atoms with Gasteiger partial charge in [0, 0.05) is 18.3 Å². The molecule has 5 nitrogen and oxygen atoms in total. The van der Waals surface area contributed by atoms with Gasteiger partial charge in [0.15, 0.2) is 0 Å². The van der Waals surface area contributed by atoms with Crippen molar-refractivity contribution < 1.29 is 4.74 Å². The van der Waals surface area contributed by atoms with Crippen LogP contribution < -0.4 is 9.64 Å². The van der Waals surface area contributed by atoms with Crippen LogP contribution in [0.2, 0.25) is 0 Å². The monoisotopic (exact) mass is 335 g/mol. The van der Waals surface area contributed by atoms with E-state index >= 15 is 0 Å². The molecule has 0 bridgehead atoms. The van der Waals surface area contributed by atoms with Crippen molar-refractivity contribution in [3.05, 3.63) is 60.8 Å². The Balaban J connectivity index is 1.71. The number of aromatic nitrogens is 3. The van der Waals surface area contributed by atoms with Crippen molar-refractivity contribution in [1.82, 2.24) is 14.6 Å². The van der Waals surface area contributed by atoms with Crippen LogP contribution in [0.5, 0.6) is 5.75 Å². The number of hydrogen-bond donors (Lipinski definition) is 0. The maximum atomic E-state index is 5.21. The molecule has 24 heavy (non-hydrogen) atoms. The first kappa shape index (κ1) is 14.7. The Hall–Kier alpha value is -2.86. The van der Waals surface area contributed by atoms with Crippen LogP contribution in [0.3, 0.4) is 0 Å². The topological polar surface area (TPSA) is 42.7 Å². The summed E-state index contributed by atoms with van der Waals surface area (Å²) in [5, 5.41) is 5.61. The third-order valence-corrected chi connectivity index (χ3v) is 4.83. The molecule has 0 spiro atoms. The minimum Gasteiger partial charge on any atom is -0.497 e. The minimum absolute atomic E-state index is 0.837. The van der Waals surface area contributed by atoms with Gasteiger partial charge < -0.3 is 9.64 Å². The van der Waals surface area contributed by atoms with Gasteiger partial charge in [0.05, 0.1) is 19.0 Å². The molecule has 6 heteroatoms. The van der Waals surface area contributed by atoms with E-state index in [-0.39, 0.29) is 0 Å². The number of methoxy groups -OCH3 is 1. The fourth-order valence-electron chi connectivity index (χ4n) is 2.49. The molecular weight excluding hydrogens is 320 g/mol. The lowest BCUT2D eigenvalue weighted by Crippen LogP contribution is -2.09. The van der Waals surface area contributed by atoms with Crippen LogP contribution in [0, 0.1) is 6.07 Å². The number of imidazole rings is 1. The van der Waals surface area contributed by atoms with Gasteiger partial charge in [-0.1, -0.05) is 35.6 Å². The van der Waals surface area contributed by atoms with Crippen molar-refractivity contribution >= 4 is 27.1 Å². The highest BCUT2D eigenvalue weighted by Gasteiger charge is 2.15. The minimum atomic E-state index is 0.837. The molecule has 0 aliphatic rings. The Bertz CT molecular complexity index is 960. The molecule has 0 saturated heterocycles. The van der Waals surface area contributed by atoms with E-state index in [1.54, 1.807) is 18.4 Å². The van der Waals surface area contributed by atoms with Gasteiger partial charge in [0.25, 0.3) is 0 Å². The first-order valence-corrected chi connectivity index (χ1v) is 8.27. The van der Waals surface area contributed by atoms with Crippen molar-refractivity contribution in [2.24, 2.45) is 0 Å². The smallest absolute Gasteiger partial charge is 0.214 e. The van der Waals surface area contributed by atoms with Crippen molar-refractivity contribution in [1.29, 1.82) is 0 Å². The summed E-state index contributed by atoms with van der Waals surface area (Å²) in [6, 6.07) is 18.7. The maximum absolute atomic E-state index is 5.21. The van der Waals surface area contributed by atoms with Gasteiger partial charge in [-0.2, -0.15) is 0 Å². The van der Waals surface area contributed by atoms with Gasteiger partial charge in [-0.25, -0.2) is 9.50 Å². The average Bonchev–Trinajstić information content (AvgIpc) is 3.22. The highest BCUT2D eigenvalue weighted by molar-refractivity contribution is 7.20. The average molecular weight is 335 g/mol. The van der Waals surface area contributed by atoms with Crippen molar-refractivity contribution in [3.8, 4) is 17.0 Å². The van der Waals surface area contributed by atoms with Gasteiger partial charge in [0.2, 0.25) is 10.1 Å². The summed E-state index contributed by atoms with van der Waals surface area (Å²) in [5.74, 6) is 0.837. The van der Waals surface area contributed by atoms with Crippen LogP contribution in [0.15, 0.2) is 54.7 Å². The molecule has 0 unspecified atom stereocenters. The van der Waals surface area contributed by atoms with E-state index in [9.17, 15) is 0 Å². The van der Waals surface area contributed by atoms with Gasteiger partial charge in [-0.05, 0) is 30.3 Å². The number of fused-ring (bicyclic) bond motifs is 1. The third kappa shape index (κ3) is 2.51. The van der Waals surface area contributed by atoms with Crippen LogP contribution >= 0.6 is 11.3 Å². The molecule has 2 aromatic carbocycles. The maximum Gasteiger partial charge on any atom is 0.214 e. The number of benzene rings is 2. The zero-order valence-electron chi connectivity index (χ0n) is 13.3. The predicted octanol–water partition coefficient (Wildman–Crippen LogP) is 4.03. The standard InChI is InChI=1S/C18H15N4OS/c1-21(14-8-10-15(23-2)11-9-14)18-20-22-16(12-19-17(22)24-18)13-6-4-3-5-7-13/h4-12H,1-2H3. The molecule has 1 radical (unpaired) electrons. The van der Waals surface area contributed by atoms with Gasteiger partial charge in [-0.3, -0.25) is 0 Å². The normalized spacial score (nSPS) is 10.9. The number of rotatable bonds is 4. The summed E-state index contributed by atoms with van der Waals surface area (Å²) < 4.78 is 7.09. The largest absolute Gasteiger partial charge is 0.497 e. The first-order valence-electron chi connectivity index (χ1n) is 7.45. The van der Waals surface area contributed by atoms with E-state index in [2.05, 4.69) is 11.1 Å². The molecular formula is C18H15N4OS. The van der Waals surface area contributed by atoms with Gasteiger partial charge in [0.1, 0.15) is 5.75 Å². The number of ether oxygens (including phenoxy) is 1. The van der Waals surface area contributed by atoms with Crippen LogP contribution in [0.1, 0.15) is 0 Å². The van der Waals surface area contributed by atoms with Gasteiger partial charge >= 0.3 is 0 Å². The zero-order chi connectivity index (χ0) is 16.5. The molecule has 2 aromatic heterocycles. The zero-order valence-corrected chi connectivity index (χ0v) is 14.1.